The lowest BCUT2D eigenvalue weighted by Crippen LogP contribution is -1.79. The van der Waals surface area contributed by atoms with Gasteiger partial charge in [0.15, 0.2) is 5.82 Å². The second-order valence-electron chi connectivity index (χ2n) is 3.81. The number of nitrogens with zero attached hydrogens (tertiary/aromatic N) is 2. The third-order valence-electron chi connectivity index (χ3n) is 2.47. The largest absolute Gasteiger partial charge is 0.337 e. The molecular formula is C11H8Cl2N4. The Morgan fingerprint density at radius 3 is 2.59 bits per heavy atom. The first kappa shape index (κ1) is 10.6. The van der Waals surface area contributed by atoms with Gasteiger partial charge in [-0.05, 0) is 25.1 Å². The predicted octanol–water partition coefficient (Wildman–Crippen LogP) is 3.57. The van der Waals surface area contributed by atoms with Crippen LogP contribution in [0.4, 0.5) is 0 Å². The maximum atomic E-state index is 5.95. The van der Waals surface area contributed by atoms with Crippen molar-refractivity contribution in [2.45, 2.75) is 6.92 Å². The van der Waals surface area contributed by atoms with Gasteiger partial charge < -0.3 is 4.98 Å². The number of rotatable bonds is 1. The zero-order valence-electron chi connectivity index (χ0n) is 8.88. The molecule has 0 saturated heterocycles. The molecule has 2 aromatic heterocycles. The zero-order chi connectivity index (χ0) is 12.0. The van der Waals surface area contributed by atoms with Gasteiger partial charge in [0, 0.05) is 5.69 Å². The maximum absolute atomic E-state index is 5.95. The number of aromatic amines is 2. The van der Waals surface area contributed by atoms with Crippen LogP contribution in [0.25, 0.3) is 22.6 Å². The van der Waals surface area contributed by atoms with E-state index in [1.807, 2.05) is 13.0 Å². The summed E-state index contributed by atoms with van der Waals surface area (Å²) in [5.41, 5.74) is 3.37. The topological polar surface area (TPSA) is 57.4 Å². The van der Waals surface area contributed by atoms with Gasteiger partial charge in [0.2, 0.25) is 0 Å². The van der Waals surface area contributed by atoms with Crippen molar-refractivity contribution < 1.29 is 0 Å². The summed E-state index contributed by atoms with van der Waals surface area (Å²) in [6.45, 7) is 1.94. The number of halogens is 2. The number of hydrogen-bond donors (Lipinski definition) is 2. The molecule has 0 aliphatic heterocycles. The van der Waals surface area contributed by atoms with Crippen LogP contribution < -0.4 is 0 Å². The van der Waals surface area contributed by atoms with Gasteiger partial charge in [-0.1, -0.05) is 23.2 Å². The molecule has 0 unspecified atom stereocenters. The summed E-state index contributed by atoms with van der Waals surface area (Å²) in [5.74, 6) is 0.697. The van der Waals surface area contributed by atoms with E-state index in [0.29, 0.717) is 15.9 Å². The number of aryl methyl sites for hydroxylation is 1. The van der Waals surface area contributed by atoms with Crippen LogP contribution in [0.1, 0.15) is 5.69 Å². The average Bonchev–Trinajstić information content (AvgIpc) is 2.85. The lowest BCUT2D eigenvalue weighted by molar-refractivity contribution is 1.04. The molecule has 2 N–H and O–H groups in total. The monoisotopic (exact) mass is 266 g/mol. The van der Waals surface area contributed by atoms with Crippen LogP contribution in [0.2, 0.25) is 10.0 Å². The van der Waals surface area contributed by atoms with E-state index in [1.54, 1.807) is 12.1 Å². The standard InChI is InChI=1S/C11H8Cl2N4/c1-5-2-10(17-16-5)11-14-8-3-6(12)7(13)4-9(8)15-11/h2-4H,1H3,(H,14,15)(H,16,17). The Labute approximate surface area is 107 Å². The molecule has 0 aliphatic carbocycles. The molecule has 0 spiro atoms. The Bertz CT molecular complexity index is 660. The molecule has 0 radical (unpaired) electrons. The average molecular weight is 267 g/mol. The first-order valence-corrected chi connectivity index (χ1v) is 5.76. The Morgan fingerprint density at radius 2 is 1.88 bits per heavy atom. The Balaban J connectivity index is 2.19. The maximum Gasteiger partial charge on any atom is 0.159 e. The minimum absolute atomic E-state index is 0.496. The number of benzene rings is 1. The summed E-state index contributed by atoms with van der Waals surface area (Å²) in [6, 6.07) is 5.41. The van der Waals surface area contributed by atoms with Crippen molar-refractivity contribution >= 4 is 34.2 Å². The molecular weight excluding hydrogens is 259 g/mol. The number of H-pyrrole nitrogens is 2. The quantitative estimate of drug-likeness (QED) is 0.708. The highest BCUT2D eigenvalue weighted by Crippen LogP contribution is 2.28. The molecule has 0 bridgehead atoms. The molecule has 1 aromatic carbocycles. The van der Waals surface area contributed by atoms with Gasteiger partial charge in [0.1, 0.15) is 5.69 Å². The molecule has 3 rings (SSSR count). The fourth-order valence-electron chi connectivity index (χ4n) is 1.67. The number of hydrogen-bond acceptors (Lipinski definition) is 2. The molecule has 17 heavy (non-hydrogen) atoms. The third-order valence-corrected chi connectivity index (χ3v) is 3.19. The number of aromatic nitrogens is 4. The van der Waals surface area contributed by atoms with E-state index >= 15 is 0 Å². The number of fused-ring (bicyclic) bond motifs is 1. The van der Waals surface area contributed by atoms with Crippen molar-refractivity contribution in [3.63, 3.8) is 0 Å². The second-order valence-corrected chi connectivity index (χ2v) is 4.62. The number of nitrogens with one attached hydrogen (secondary N) is 2. The molecule has 0 saturated carbocycles. The molecule has 0 aliphatic rings. The van der Waals surface area contributed by atoms with Crippen molar-refractivity contribution in [3.05, 3.63) is 33.9 Å². The summed E-state index contributed by atoms with van der Waals surface area (Å²) in [5, 5.41) is 8.02. The van der Waals surface area contributed by atoms with Gasteiger partial charge >= 0.3 is 0 Å². The molecule has 2 heterocycles. The smallest absolute Gasteiger partial charge is 0.159 e. The van der Waals surface area contributed by atoms with Crippen LogP contribution in [0.15, 0.2) is 18.2 Å². The molecule has 3 aromatic rings. The predicted molar refractivity (Wildman–Crippen MR) is 68.4 cm³/mol. The van der Waals surface area contributed by atoms with E-state index in [2.05, 4.69) is 20.2 Å². The summed E-state index contributed by atoms with van der Waals surface area (Å²) >= 11 is 11.9. The molecule has 4 nitrogen and oxygen atoms in total. The van der Waals surface area contributed by atoms with Gasteiger partial charge in [-0.15, -0.1) is 0 Å². The minimum Gasteiger partial charge on any atom is -0.337 e. The van der Waals surface area contributed by atoms with E-state index in [0.717, 1.165) is 22.4 Å². The van der Waals surface area contributed by atoms with Crippen LogP contribution in [-0.4, -0.2) is 20.2 Å². The van der Waals surface area contributed by atoms with Crippen LogP contribution in [0.5, 0.6) is 0 Å². The van der Waals surface area contributed by atoms with Crippen molar-refractivity contribution in [1.82, 2.24) is 20.2 Å². The molecule has 6 heteroatoms. The van der Waals surface area contributed by atoms with E-state index in [4.69, 9.17) is 23.2 Å². The molecule has 86 valence electrons. The van der Waals surface area contributed by atoms with E-state index in [-0.39, 0.29) is 0 Å². The van der Waals surface area contributed by atoms with Gasteiger partial charge in [-0.2, -0.15) is 5.10 Å². The van der Waals surface area contributed by atoms with Crippen molar-refractivity contribution in [2.24, 2.45) is 0 Å². The minimum atomic E-state index is 0.496. The Morgan fingerprint density at radius 1 is 1.12 bits per heavy atom. The summed E-state index contributed by atoms with van der Waals surface area (Å²) in [6.07, 6.45) is 0. The normalized spacial score (nSPS) is 11.2. The molecule has 0 atom stereocenters. The Kier molecular flexibility index (Phi) is 2.34. The van der Waals surface area contributed by atoms with Crippen LogP contribution >= 0.6 is 23.2 Å². The molecule has 0 fully saturated rings. The first-order chi connectivity index (χ1) is 8.13. The first-order valence-electron chi connectivity index (χ1n) is 5.00. The van der Waals surface area contributed by atoms with Crippen LogP contribution in [0, 0.1) is 6.92 Å². The molecule has 0 amide bonds. The van der Waals surface area contributed by atoms with Crippen molar-refractivity contribution in [2.75, 3.05) is 0 Å². The van der Waals surface area contributed by atoms with Crippen molar-refractivity contribution in [3.8, 4) is 11.5 Å². The van der Waals surface area contributed by atoms with E-state index in [1.165, 1.54) is 0 Å². The van der Waals surface area contributed by atoms with Crippen LogP contribution in [0.3, 0.4) is 0 Å². The van der Waals surface area contributed by atoms with Crippen molar-refractivity contribution in [1.29, 1.82) is 0 Å². The highest BCUT2D eigenvalue weighted by Gasteiger charge is 2.10. The summed E-state index contributed by atoms with van der Waals surface area (Å²) in [7, 11) is 0. The fraction of sp³-hybridized carbons (Fsp3) is 0.0909. The fourth-order valence-corrected chi connectivity index (χ4v) is 1.99. The van der Waals surface area contributed by atoms with Gasteiger partial charge in [0.25, 0.3) is 0 Å². The zero-order valence-corrected chi connectivity index (χ0v) is 10.4. The Hall–Kier alpha value is -1.52. The number of imidazole rings is 1. The highest BCUT2D eigenvalue weighted by molar-refractivity contribution is 6.42. The summed E-state index contributed by atoms with van der Waals surface area (Å²) < 4.78 is 0. The van der Waals surface area contributed by atoms with Gasteiger partial charge in [0.05, 0.1) is 21.1 Å². The van der Waals surface area contributed by atoms with Crippen LogP contribution in [-0.2, 0) is 0 Å². The lowest BCUT2D eigenvalue weighted by atomic mass is 10.3. The highest BCUT2D eigenvalue weighted by atomic mass is 35.5. The third kappa shape index (κ3) is 1.79. The SMILES string of the molecule is Cc1cc(-c2nc3cc(Cl)c(Cl)cc3[nH]2)n[nH]1. The van der Waals surface area contributed by atoms with E-state index < -0.39 is 0 Å². The summed E-state index contributed by atoms with van der Waals surface area (Å²) in [4.78, 5) is 7.57. The second kappa shape index (κ2) is 3.75. The van der Waals surface area contributed by atoms with Gasteiger partial charge in [-0.3, -0.25) is 5.10 Å². The van der Waals surface area contributed by atoms with Gasteiger partial charge in [-0.25, -0.2) is 4.98 Å². The van der Waals surface area contributed by atoms with E-state index in [9.17, 15) is 0 Å². The lowest BCUT2D eigenvalue weighted by Gasteiger charge is -1.93.